The number of rotatable bonds is 6. The SMILES string of the molecule is CC(C)NCCc1ccccc1CN1CCCOC(C)C1. The van der Waals surface area contributed by atoms with Crippen LogP contribution in [-0.2, 0) is 17.7 Å². The molecule has 1 heterocycles. The second-order valence-electron chi connectivity index (χ2n) is 6.40. The van der Waals surface area contributed by atoms with Gasteiger partial charge >= 0.3 is 0 Å². The van der Waals surface area contributed by atoms with Crippen LogP contribution in [0.3, 0.4) is 0 Å². The lowest BCUT2D eigenvalue weighted by atomic mass is 10.0. The minimum absolute atomic E-state index is 0.349. The van der Waals surface area contributed by atoms with Crippen LogP contribution in [0.5, 0.6) is 0 Å². The Balaban J connectivity index is 1.95. The van der Waals surface area contributed by atoms with Crippen LogP contribution < -0.4 is 5.32 Å². The normalized spacial score (nSPS) is 20.7. The average Bonchev–Trinajstić information content (AvgIpc) is 2.64. The highest BCUT2D eigenvalue weighted by Gasteiger charge is 2.16. The first-order valence-corrected chi connectivity index (χ1v) is 8.29. The summed E-state index contributed by atoms with van der Waals surface area (Å²) >= 11 is 0. The largest absolute Gasteiger partial charge is 0.377 e. The topological polar surface area (TPSA) is 24.5 Å². The molecule has 0 bridgehead atoms. The molecular weight excluding hydrogens is 260 g/mol. The Morgan fingerprint density at radius 3 is 2.81 bits per heavy atom. The van der Waals surface area contributed by atoms with Gasteiger partial charge in [0.1, 0.15) is 0 Å². The van der Waals surface area contributed by atoms with Gasteiger partial charge in [0.15, 0.2) is 0 Å². The van der Waals surface area contributed by atoms with Gasteiger partial charge in [-0.15, -0.1) is 0 Å². The van der Waals surface area contributed by atoms with Crippen LogP contribution in [0.1, 0.15) is 38.3 Å². The van der Waals surface area contributed by atoms with Crippen LogP contribution in [-0.4, -0.2) is 43.3 Å². The van der Waals surface area contributed by atoms with Gasteiger partial charge in [-0.05, 0) is 37.4 Å². The van der Waals surface area contributed by atoms with Gasteiger partial charge in [0, 0.05) is 32.3 Å². The Morgan fingerprint density at radius 2 is 2.05 bits per heavy atom. The van der Waals surface area contributed by atoms with Crippen LogP contribution in [0, 0.1) is 0 Å². The Labute approximate surface area is 129 Å². The van der Waals surface area contributed by atoms with Crippen LogP contribution >= 0.6 is 0 Å². The highest BCUT2D eigenvalue weighted by atomic mass is 16.5. The van der Waals surface area contributed by atoms with Crippen molar-refractivity contribution in [1.82, 2.24) is 10.2 Å². The van der Waals surface area contributed by atoms with Crippen molar-refractivity contribution >= 4 is 0 Å². The lowest BCUT2D eigenvalue weighted by Crippen LogP contribution is -2.30. The van der Waals surface area contributed by atoms with E-state index in [-0.39, 0.29) is 0 Å². The van der Waals surface area contributed by atoms with Gasteiger partial charge in [0.2, 0.25) is 0 Å². The molecule has 0 aromatic heterocycles. The molecule has 21 heavy (non-hydrogen) atoms. The summed E-state index contributed by atoms with van der Waals surface area (Å²) in [5.41, 5.74) is 2.95. The standard InChI is InChI=1S/C18H30N2O/c1-15(2)19-10-9-17-7-4-5-8-18(17)14-20-11-6-12-21-16(3)13-20/h4-5,7-8,15-16,19H,6,9-14H2,1-3H3. The maximum absolute atomic E-state index is 5.74. The first kappa shape index (κ1) is 16.5. The summed E-state index contributed by atoms with van der Waals surface area (Å²) in [4.78, 5) is 2.53. The molecule has 0 saturated carbocycles. The quantitative estimate of drug-likeness (QED) is 0.872. The number of hydrogen-bond donors (Lipinski definition) is 1. The minimum Gasteiger partial charge on any atom is -0.377 e. The summed E-state index contributed by atoms with van der Waals surface area (Å²) in [5.74, 6) is 0. The third-order valence-electron chi connectivity index (χ3n) is 4.00. The van der Waals surface area contributed by atoms with Crippen molar-refractivity contribution in [2.24, 2.45) is 0 Å². The molecule has 0 amide bonds. The number of benzene rings is 1. The molecule has 118 valence electrons. The summed E-state index contributed by atoms with van der Waals surface area (Å²) < 4.78 is 5.74. The maximum Gasteiger partial charge on any atom is 0.0674 e. The predicted molar refractivity (Wildman–Crippen MR) is 88.6 cm³/mol. The van der Waals surface area contributed by atoms with E-state index in [1.807, 2.05) is 0 Å². The lowest BCUT2D eigenvalue weighted by molar-refractivity contribution is 0.0667. The molecule has 0 spiro atoms. The monoisotopic (exact) mass is 290 g/mol. The Morgan fingerprint density at radius 1 is 1.29 bits per heavy atom. The van der Waals surface area contributed by atoms with Crippen molar-refractivity contribution in [2.75, 3.05) is 26.2 Å². The van der Waals surface area contributed by atoms with Crippen molar-refractivity contribution in [1.29, 1.82) is 0 Å². The van der Waals surface area contributed by atoms with E-state index in [4.69, 9.17) is 4.74 Å². The fraction of sp³-hybridized carbons (Fsp3) is 0.667. The van der Waals surface area contributed by atoms with Crippen LogP contribution in [0.4, 0.5) is 0 Å². The van der Waals surface area contributed by atoms with E-state index in [1.165, 1.54) is 11.1 Å². The molecule has 0 radical (unpaired) electrons. The third-order valence-corrected chi connectivity index (χ3v) is 4.00. The summed E-state index contributed by atoms with van der Waals surface area (Å²) in [6.07, 6.45) is 2.60. The van der Waals surface area contributed by atoms with Gasteiger partial charge in [-0.3, -0.25) is 4.90 Å². The molecule has 1 saturated heterocycles. The molecule has 0 aliphatic carbocycles. The second kappa shape index (κ2) is 8.52. The van der Waals surface area contributed by atoms with E-state index in [0.717, 1.165) is 45.6 Å². The van der Waals surface area contributed by atoms with Gasteiger partial charge < -0.3 is 10.1 Å². The zero-order chi connectivity index (χ0) is 15.1. The Bertz CT molecular complexity index is 419. The van der Waals surface area contributed by atoms with Crippen molar-refractivity contribution < 1.29 is 4.74 Å². The first-order chi connectivity index (χ1) is 10.1. The molecular formula is C18H30N2O. The van der Waals surface area contributed by atoms with Crippen LogP contribution in [0.2, 0.25) is 0 Å². The molecule has 3 nitrogen and oxygen atoms in total. The third kappa shape index (κ3) is 5.77. The maximum atomic E-state index is 5.74. The summed E-state index contributed by atoms with van der Waals surface area (Å²) in [5, 5.41) is 3.51. The second-order valence-corrected chi connectivity index (χ2v) is 6.40. The molecule has 1 atom stereocenters. The van der Waals surface area contributed by atoms with Crippen LogP contribution in [0.15, 0.2) is 24.3 Å². The summed E-state index contributed by atoms with van der Waals surface area (Å²) in [7, 11) is 0. The molecule has 2 rings (SSSR count). The predicted octanol–water partition coefficient (Wildman–Crippen LogP) is 2.84. The smallest absolute Gasteiger partial charge is 0.0674 e. The number of nitrogens with one attached hydrogen (secondary N) is 1. The van der Waals surface area contributed by atoms with Gasteiger partial charge in [0.25, 0.3) is 0 Å². The number of hydrogen-bond acceptors (Lipinski definition) is 3. The number of ether oxygens (including phenoxy) is 1. The van der Waals surface area contributed by atoms with Crippen molar-refractivity contribution in [3.63, 3.8) is 0 Å². The molecule has 1 aliphatic rings. The molecule has 1 aromatic rings. The Hall–Kier alpha value is -0.900. The Kier molecular flexibility index (Phi) is 6.68. The molecule has 1 unspecified atom stereocenters. The van der Waals surface area contributed by atoms with Gasteiger partial charge in [-0.2, -0.15) is 0 Å². The van der Waals surface area contributed by atoms with Gasteiger partial charge in [-0.25, -0.2) is 0 Å². The molecule has 1 N–H and O–H groups in total. The van der Waals surface area contributed by atoms with E-state index in [9.17, 15) is 0 Å². The van der Waals surface area contributed by atoms with E-state index in [0.29, 0.717) is 12.1 Å². The zero-order valence-corrected chi connectivity index (χ0v) is 13.8. The number of nitrogens with zero attached hydrogens (tertiary/aromatic N) is 1. The van der Waals surface area contributed by atoms with Crippen LogP contribution in [0.25, 0.3) is 0 Å². The van der Waals surface area contributed by atoms with E-state index in [2.05, 4.69) is 55.3 Å². The fourth-order valence-corrected chi connectivity index (χ4v) is 2.92. The van der Waals surface area contributed by atoms with E-state index >= 15 is 0 Å². The van der Waals surface area contributed by atoms with Gasteiger partial charge in [-0.1, -0.05) is 38.1 Å². The summed E-state index contributed by atoms with van der Waals surface area (Å²) in [6, 6.07) is 9.42. The van der Waals surface area contributed by atoms with Gasteiger partial charge in [0.05, 0.1) is 6.10 Å². The van der Waals surface area contributed by atoms with E-state index in [1.54, 1.807) is 0 Å². The average molecular weight is 290 g/mol. The summed E-state index contributed by atoms with van der Waals surface area (Å²) in [6.45, 7) is 11.8. The van der Waals surface area contributed by atoms with E-state index < -0.39 is 0 Å². The van der Waals surface area contributed by atoms with Crippen molar-refractivity contribution in [2.45, 2.75) is 52.3 Å². The molecule has 1 aromatic carbocycles. The fourth-order valence-electron chi connectivity index (χ4n) is 2.92. The lowest BCUT2D eigenvalue weighted by Gasteiger charge is -2.23. The van der Waals surface area contributed by atoms with Crippen molar-refractivity contribution in [3.05, 3.63) is 35.4 Å². The minimum atomic E-state index is 0.349. The molecule has 3 heteroatoms. The molecule has 1 aliphatic heterocycles. The highest BCUT2D eigenvalue weighted by molar-refractivity contribution is 5.27. The highest BCUT2D eigenvalue weighted by Crippen LogP contribution is 2.15. The first-order valence-electron chi connectivity index (χ1n) is 8.29. The van der Waals surface area contributed by atoms with Crippen molar-refractivity contribution in [3.8, 4) is 0 Å². The zero-order valence-electron chi connectivity index (χ0n) is 13.8. The molecule has 1 fully saturated rings.